The lowest BCUT2D eigenvalue weighted by atomic mass is 10.0. The van der Waals surface area contributed by atoms with Crippen LogP contribution in [0.1, 0.15) is 30.4 Å². The van der Waals surface area contributed by atoms with Crippen molar-refractivity contribution in [3.63, 3.8) is 0 Å². The van der Waals surface area contributed by atoms with E-state index in [1.54, 1.807) is 14.2 Å². The third kappa shape index (κ3) is 5.81. The highest BCUT2D eigenvalue weighted by atomic mass is 127. The molecule has 0 bridgehead atoms. The summed E-state index contributed by atoms with van der Waals surface area (Å²) in [7, 11) is 3.44. The first kappa shape index (κ1) is 18.8. The average Bonchev–Trinajstić information content (AvgIpc) is 2.55. The van der Waals surface area contributed by atoms with E-state index in [2.05, 4.69) is 81.6 Å². The van der Waals surface area contributed by atoms with Crippen LogP contribution in [0.4, 0.5) is 0 Å². The van der Waals surface area contributed by atoms with Gasteiger partial charge in [0.05, 0.1) is 21.4 Å². The van der Waals surface area contributed by atoms with E-state index in [0.717, 1.165) is 24.3 Å². The second-order valence-corrected chi connectivity index (χ2v) is 7.82. The van der Waals surface area contributed by atoms with Gasteiger partial charge in [0.2, 0.25) is 0 Å². The SMILES string of the molecule is COc1ccc(CCCCCc2ccc(OC)c(I)c2)cc1I. The van der Waals surface area contributed by atoms with Gasteiger partial charge < -0.3 is 9.47 Å². The smallest absolute Gasteiger partial charge is 0.132 e. The molecule has 0 saturated heterocycles. The molecule has 2 nitrogen and oxygen atoms in total. The number of unbranched alkanes of at least 4 members (excludes halogenated alkanes) is 2. The molecule has 2 aromatic rings. The second-order valence-electron chi connectivity index (χ2n) is 5.50. The van der Waals surface area contributed by atoms with Crippen molar-refractivity contribution >= 4 is 45.2 Å². The van der Waals surface area contributed by atoms with Gasteiger partial charge in [-0.25, -0.2) is 0 Å². The first-order chi connectivity index (χ1) is 11.1. The van der Waals surface area contributed by atoms with Crippen molar-refractivity contribution in [1.82, 2.24) is 0 Å². The number of ether oxygens (including phenoxy) is 2. The number of rotatable bonds is 8. The van der Waals surface area contributed by atoms with Gasteiger partial charge in [-0.15, -0.1) is 0 Å². The predicted octanol–water partition coefficient (Wildman–Crippen LogP) is 5.87. The van der Waals surface area contributed by atoms with Crippen molar-refractivity contribution < 1.29 is 9.47 Å². The average molecular weight is 536 g/mol. The molecule has 0 spiro atoms. The van der Waals surface area contributed by atoms with Crippen LogP contribution in [-0.2, 0) is 12.8 Å². The molecule has 0 aliphatic heterocycles. The summed E-state index contributed by atoms with van der Waals surface area (Å²) in [4.78, 5) is 0. The summed E-state index contributed by atoms with van der Waals surface area (Å²) < 4.78 is 13.0. The minimum absolute atomic E-state index is 0.962. The molecule has 0 amide bonds. The van der Waals surface area contributed by atoms with E-state index in [0.29, 0.717) is 0 Å². The standard InChI is InChI=1S/C19H22I2O2/c1-22-18-10-8-14(12-16(18)20)6-4-3-5-7-15-9-11-19(23-2)17(21)13-15/h8-13H,3-7H2,1-2H3. The molecular weight excluding hydrogens is 514 g/mol. The Morgan fingerprint density at radius 1 is 0.696 bits per heavy atom. The Morgan fingerprint density at radius 2 is 1.13 bits per heavy atom. The topological polar surface area (TPSA) is 18.5 Å². The Hall–Kier alpha value is -0.500. The molecular formula is C19H22I2O2. The van der Waals surface area contributed by atoms with E-state index in [1.165, 1.54) is 37.5 Å². The molecule has 0 saturated carbocycles. The highest BCUT2D eigenvalue weighted by molar-refractivity contribution is 14.1. The third-order valence-electron chi connectivity index (χ3n) is 3.86. The summed E-state index contributed by atoms with van der Waals surface area (Å²) in [5.74, 6) is 1.92. The van der Waals surface area contributed by atoms with Gasteiger partial charge in [-0.1, -0.05) is 18.6 Å². The van der Waals surface area contributed by atoms with Crippen LogP contribution in [0.25, 0.3) is 0 Å². The number of methoxy groups -OCH3 is 2. The van der Waals surface area contributed by atoms with E-state index < -0.39 is 0 Å². The number of halogens is 2. The fraction of sp³-hybridized carbons (Fsp3) is 0.368. The van der Waals surface area contributed by atoms with Gasteiger partial charge in [0.1, 0.15) is 11.5 Å². The van der Waals surface area contributed by atoms with Crippen LogP contribution in [0.15, 0.2) is 36.4 Å². The van der Waals surface area contributed by atoms with Gasteiger partial charge in [0.25, 0.3) is 0 Å². The van der Waals surface area contributed by atoms with Gasteiger partial charge in [-0.05, 0) is 106 Å². The molecule has 0 aliphatic rings. The summed E-state index contributed by atoms with van der Waals surface area (Å²) in [5, 5.41) is 0. The van der Waals surface area contributed by atoms with Crippen molar-refractivity contribution in [3.05, 3.63) is 54.7 Å². The van der Waals surface area contributed by atoms with Crippen LogP contribution in [0.3, 0.4) is 0 Å². The minimum Gasteiger partial charge on any atom is -0.496 e. The predicted molar refractivity (Wildman–Crippen MR) is 113 cm³/mol. The van der Waals surface area contributed by atoms with Gasteiger partial charge in [-0.2, -0.15) is 0 Å². The summed E-state index contributed by atoms with van der Waals surface area (Å²) in [6, 6.07) is 12.9. The Labute approximate surface area is 166 Å². The van der Waals surface area contributed by atoms with E-state index in [9.17, 15) is 0 Å². The number of benzene rings is 2. The highest BCUT2D eigenvalue weighted by Crippen LogP contribution is 2.24. The maximum Gasteiger partial charge on any atom is 0.132 e. The molecule has 4 heteroatoms. The summed E-state index contributed by atoms with van der Waals surface area (Å²) in [6.07, 6.45) is 6.00. The maximum atomic E-state index is 5.30. The summed E-state index contributed by atoms with van der Waals surface area (Å²) in [6.45, 7) is 0. The zero-order valence-corrected chi connectivity index (χ0v) is 17.9. The molecule has 0 aromatic heterocycles. The molecule has 0 atom stereocenters. The Balaban J connectivity index is 1.73. The lowest BCUT2D eigenvalue weighted by Crippen LogP contribution is -1.93. The molecule has 0 unspecified atom stereocenters. The normalized spacial score (nSPS) is 10.6. The molecule has 2 rings (SSSR count). The van der Waals surface area contributed by atoms with Gasteiger partial charge in [0.15, 0.2) is 0 Å². The van der Waals surface area contributed by atoms with Crippen LogP contribution >= 0.6 is 45.2 Å². The van der Waals surface area contributed by atoms with Crippen LogP contribution in [0, 0.1) is 7.14 Å². The van der Waals surface area contributed by atoms with E-state index in [4.69, 9.17) is 9.47 Å². The lowest BCUT2D eigenvalue weighted by molar-refractivity contribution is 0.411. The summed E-state index contributed by atoms with van der Waals surface area (Å²) in [5.41, 5.74) is 2.79. The van der Waals surface area contributed by atoms with Crippen LogP contribution in [0.5, 0.6) is 11.5 Å². The van der Waals surface area contributed by atoms with Crippen molar-refractivity contribution in [2.24, 2.45) is 0 Å². The first-order valence-corrected chi connectivity index (χ1v) is 9.94. The fourth-order valence-corrected chi connectivity index (χ4v) is 4.17. The zero-order valence-electron chi connectivity index (χ0n) is 13.6. The van der Waals surface area contributed by atoms with Crippen LogP contribution < -0.4 is 9.47 Å². The number of hydrogen-bond donors (Lipinski definition) is 0. The quantitative estimate of drug-likeness (QED) is 0.311. The molecule has 2 aromatic carbocycles. The zero-order chi connectivity index (χ0) is 16.7. The van der Waals surface area contributed by atoms with Crippen molar-refractivity contribution in [2.75, 3.05) is 14.2 Å². The van der Waals surface area contributed by atoms with Gasteiger partial charge in [-0.3, -0.25) is 0 Å². The Kier molecular flexibility index (Phi) is 7.95. The molecule has 0 heterocycles. The molecule has 0 radical (unpaired) electrons. The molecule has 124 valence electrons. The Bertz CT molecular complexity index is 586. The van der Waals surface area contributed by atoms with E-state index in [1.807, 2.05) is 0 Å². The minimum atomic E-state index is 0.962. The first-order valence-electron chi connectivity index (χ1n) is 7.79. The number of aryl methyl sites for hydroxylation is 2. The highest BCUT2D eigenvalue weighted by Gasteiger charge is 2.03. The van der Waals surface area contributed by atoms with Crippen molar-refractivity contribution in [3.8, 4) is 11.5 Å². The molecule has 0 aliphatic carbocycles. The Morgan fingerprint density at radius 3 is 1.48 bits per heavy atom. The largest absolute Gasteiger partial charge is 0.496 e. The monoisotopic (exact) mass is 536 g/mol. The summed E-state index contributed by atoms with van der Waals surface area (Å²) >= 11 is 4.67. The van der Waals surface area contributed by atoms with Crippen LogP contribution in [-0.4, -0.2) is 14.2 Å². The van der Waals surface area contributed by atoms with Crippen LogP contribution in [0.2, 0.25) is 0 Å². The maximum absolute atomic E-state index is 5.30. The second kappa shape index (κ2) is 9.71. The molecule has 0 N–H and O–H groups in total. The van der Waals surface area contributed by atoms with E-state index >= 15 is 0 Å². The van der Waals surface area contributed by atoms with Gasteiger partial charge in [0, 0.05) is 0 Å². The van der Waals surface area contributed by atoms with Gasteiger partial charge >= 0.3 is 0 Å². The fourth-order valence-electron chi connectivity index (χ4n) is 2.57. The van der Waals surface area contributed by atoms with Crippen molar-refractivity contribution in [1.29, 1.82) is 0 Å². The van der Waals surface area contributed by atoms with E-state index in [-0.39, 0.29) is 0 Å². The third-order valence-corrected chi connectivity index (χ3v) is 5.55. The molecule has 0 fully saturated rings. The lowest BCUT2D eigenvalue weighted by Gasteiger charge is -2.08. The molecule has 23 heavy (non-hydrogen) atoms. The number of hydrogen-bond acceptors (Lipinski definition) is 2. The van der Waals surface area contributed by atoms with Crippen molar-refractivity contribution in [2.45, 2.75) is 32.1 Å².